The minimum absolute atomic E-state index is 0.0591. The first-order chi connectivity index (χ1) is 9.47. The Labute approximate surface area is 115 Å². The number of hydrogen-bond acceptors (Lipinski definition) is 3. The van der Waals surface area contributed by atoms with Crippen molar-refractivity contribution < 1.29 is 23.4 Å². The molecular formula is C14H17F2NO3. The van der Waals surface area contributed by atoms with Crippen LogP contribution in [0, 0.1) is 17.6 Å². The van der Waals surface area contributed by atoms with E-state index in [1.54, 1.807) is 0 Å². The van der Waals surface area contributed by atoms with Gasteiger partial charge in [-0.2, -0.15) is 0 Å². The number of benzene rings is 1. The van der Waals surface area contributed by atoms with E-state index in [0.717, 1.165) is 25.0 Å². The fraction of sp³-hybridized carbons (Fsp3) is 0.500. The molecule has 1 fully saturated rings. The molecule has 4 nitrogen and oxygen atoms in total. The molecule has 1 aliphatic rings. The van der Waals surface area contributed by atoms with Gasteiger partial charge in [0.1, 0.15) is 5.82 Å². The Morgan fingerprint density at radius 1 is 1.45 bits per heavy atom. The normalized spacial score (nSPS) is 15.9. The van der Waals surface area contributed by atoms with Crippen LogP contribution in [0.1, 0.15) is 37.3 Å². The average molecular weight is 285 g/mol. The summed E-state index contributed by atoms with van der Waals surface area (Å²) in [6.07, 6.45) is 2.02. The van der Waals surface area contributed by atoms with Crippen molar-refractivity contribution in [3.63, 3.8) is 0 Å². The van der Waals surface area contributed by atoms with Gasteiger partial charge in [-0.05, 0) is 31.2 Å². The smallest absolute Gasteiger partial charge is 0.303 e. The molecule has 1 unspecified atom stereocenters. The van der Waals surface area contributed by atoms with Gasteiger partial charge in [-0.1, -0.05) is 0 Å². The first kappa shape index (κ1) is 14.7. The minimum atomic E-state index is -1.00. The monoisotopic (exact) mass is 285 g/mol. The van der Waals surface area contributed by atoms with Crippen molar-refractivity contribution in [1.29, 1.82) is 0 Å². The molecule has 1 aromatic carbocycles. The van der Waals surface area contributed by atoms with Crippen molar-refractivity contribution in [3.8, 4) is 5.75 Å². The predicted molar refractivity (Wildman–Crippen MR) is 68.4 cm³/mol. The lowest BCUT2D eigenvalue weighted by Crippen LogP contribution is -2.15. The summed E-state index contributed by atoms with van der Waals surface area (Å²) in [6, 6.07) is 1.08. The summed E-state index contributed by atoms with van der Waals surface area (Å²) < 4.78 is 32.5. The summed E-state index contributed by atoms with van der Waals surface area (Å²) in [4.78, 5) is 10.5. The van der Waals surface area contributed by atoms with Crippen LogP contribution >= 0.6 is 0 Å². The van der Waals surface area contributed by atoms with E-state index >= 15 is 0 Å². The fourth-order valence-electron chi connectivity index (χ4n) is 1.93. The second-order valence-corrected chi connectivity index (χ2v) is 5.10. The van der Waals surface area contributed by atoms with Gasteiger partial charge in [0.05, 0.1) is 6.61 Å². The van der Waals surface area contributed by atoms with Gasteiger partial charge in [0.25, 0.3) is 0 Å². The van der Waals surface area contributed by atoms with Crippen molar-refractivity contribution >= 4 is 5.97 Å². The van der Waals surface area contributed by atoms with Crippen molar-refractivity contribution in [2.75, 3.05) is 6.61 Å². The van der Waals surface area contributed by atoms with Crippen molar-refractivity contribution in [3.05, 3.63) is 29.3 Å². The maximum Gasteiger partial charge on any atom is 0.303 e. The maximum absolute atomic E-state index is 13.8. The molecule has 1 saturated carbocycles. The van der Waals surface area contributed by atoms with Crippen LogP contribution in [0.2, 0.25) is 0 Å². The summed E-state index contributed by atoms with van der Waals surface area (Å²) in [7, 11) is 0. The molecule has 0 saturated heterocycles. The number of carboxylic acid groups (broad SMARTS) is 1. The SMILES string of the molecule is NC(CCC(=O)O)c1cc(F)cc(F)c1OCC1CC1. The molecule has 1 aliphatic carbocycles. The lowest BCUT2D eigenvalue weighted by Gasteiger charge is -2.17. The van der Waals surface area contributed by atoms with Gasteiger partial charge >= 0.3 is 5.97 Å². The Morgan fingerprint density at radius 2 is 2.15 bits per heavy atom. The maximum atomic E-state index is 13.8. The van der Waals surface area contributed by atoms with E-state index in [9.17, 15) is 13.6 Å². The third-order valence-corrected chi connectivity index (χ3v) is 3.27. The quantitative estimate of drug-likeness (QED) is 0.807. The van der Waals surface area contributed by atoms with Crippen LogP contribution in [0.4, 0.5) is 8.78 Å². The molecule has 3 N–H and O–H groups in total. The van der Waals surface area contributed by atoms with Crippen LogP contribution in [-0.4, -0.2) is 17.7 Å². The van der Waals surface area contributed by atoms with Crippen LogP contribution in [-0.2, 0) is 4.79 Å². The summed E-state index contributed by atoms with van der Waals surface area (Å²) in [5, 5.41) is 8.64. The lowest BCUT2D eigenvalue weighted by molar-refractivity contribution is -0.137. The van der Waals surface area contributed by atoms with Crippen molar-refractivity contribution in [2.24, 2.45) is 11.7 Å². The Hall–Kier alpha value is -1.69. The van der Waals surface area contributed by atoms with Gasteiger partial charge in [-0.15, -0.1) is 0 Å². The lowest BCUT2D eigenvalue weighted by atomic mass is 10.0. The zero-order valence-corrected chi connectivity index (χ0v) is 10.9. The molecule has 0 heterocycles. The molecule has 0 bridgehead atoms. The second kappa shape index (κ2) is 6.17. The third-order valence-electron chi connectivity index (χ3n) is 3.27. The molecule has 0 spiro atoms. The molecule has 0 aliphatic heterocycles. The van der Waals surface area contributed by atoms with Gasteiger partial charge in [-0.25, -0.2) is 8.78 Å². The molecule has 20 heavy (non-hydrogen) atoms. The topological polar surface area (TPSA) is 72.6 Å². The number of carboxylic acids is 1. The molecule has 1 aromatic rings. The molecule has 1 atom stereocenters. The van der Waals surface area contributed by atoms with E-state index in [-0.39, 0.29) is 24.2 Å². The highest BCUT2D eigenvalue weighted by Crippen LogP contribution is 2.34. The number of halogens is 2. The standard InChI is InChI=1S/C14H17F2NO3/c15-9-5-10(12(17)3-4-13(18)19)14(11(16)6-9)20-7-8-1-2-8/h5-6,8,12H,1-4,7,17H2,(H,18,19). The summed E-state index contributed by atoms with van der Waals surface area (Å²) in [5.41, 5.74) is 6.01. The van der Waals surface area contributed by atoms with Gasteiger partial charge < -0.3 is 15.6 Å². The molecule has 0 aromatic heterocycles. The largest absolute Gasteiger partial charge is 0.490 e. The predicted octanol–water partition coefficient (Wildman–Crippen LogP) is 2.62. The molecule has 110 valence electrons. The highest BCUT2D eigenvalue weighted by molar-refractivity contribution is 5.66. The van der Waals surface area contributed by atoms with Gasteiger partial charge in [0.2, 0.25) is 0 Å². The number of nitrogens with two attached hydrogens (primary N) is 1. The Morgan fingerprint density at radius 3 is 2.75 bits per heavy atom. The molecule has 6 heteroatoms. The van der Waals surface area contributed by atoms with Crippen molar-refractivity contribution in [2.45, 2.75) is 31.7 Å². The fourth-order valence-corrected chi connectivity index (χ4v) is 1.93. The number of rotatable bonds is 7. The Kier molecular flexibility index (Phi) is 4.54. The third kappa shape index (κ3) is 3.90. The number of ether oxygens (including phenoxy) is 1. The van der Waals surface area contributed by atoms with Crippen molar-refractivity contribution in [1.82, 2.24) is 0 Å². The first-order valence-corrected chi connectivity index (χ1v) is 6.56. The summed E-state index contributed by atoms with van der Waals surface area (Å²) in [6.45, 7) is 0.376. The average Bonchev–Trinajstić information content (AvgIpc) is 3.18. The Bertz CT molecular complexity index is 503. The molecule has 0 amide bonds. The highest BCUT2D eigenvalue weighted by Gasteiger charge is 2.25. The van der Waals surface area contributed by atoms with Crippen LogP contribution < -0.4 is 10.5 Å². The molecule has 0 radical (unpaired) electrons. The first-order valence-electron chi connectivity index (χ1n) is 6.56. The Balaban J connectivity index is 2.16. The highest BCUT2D eigenvalue weighted by atomic mass is 19.1. The van der Waals surface area contributed by atoms with E-state index in [1.807, 2.05) is 0 Å². The van der Waals surface area contributed by atoms with Crippen LogP contribution in [0.15, 0.2) is 12.1 Å². The van der Waals surface area contributed by atoms with Gasteiger partial charge in [-0.3, -0.25) is 4.79 Å². The summed E-state index contributed by atoms with van der Waals surface area (Å²) >= 11 is 0. The number of hydrogen-bond donors (Lipinski definition) is 2. The number of aliphatic carboxylic acids is 1. The van der Waals surface area contributed by atoms with E-state index in [2.05, 4.69) is 0 Å². The van der Waals surface area contributed by atoms with Crippen LogP contribution in [0.25, 0.3) is 0 Å². The van der Waals surface area contributed by atoms with Crippen LogP contribution in [0.3, 0.4) is 0 Å². The van der Waals surface area contributed by atoms with E-state index in [0.29, 0.717) is 12.5 Å². The van der Waals surface area contributed by atoms with E-state index in [4.69, 9.17) is 15.6 Å². The van der Waals surface area contributed by atoms with Gasteiger partial charge in [0, 0.05) is 24.1 Å². The molecular weight excluding hydrogens is 268 g/mol. The molecule has 2 rings (SSSR count). The second-order valence-electron chi connectivity index (χ2n) is 5.10. The van der Waals surface area contributed by atoms with Gasteiger partial charge in [0.15, 0.2) is 11.6 Å². The van der Waals surface area contributed by atoms with E-state index < -0.39 is 23.6 Å². The zero-order valence-electron chi connectivity index (χ0n) is 10.9. The van der Waals surface area contributed by atoms with E-state index in [1.165, 1.54) is 0 Å². The number of carbonyl (C=O) groups is 1. The zero-order chi connectivity index (χ0) is 14.7. The summed E-state index contributed by atoms with van der Waals surface area (Å²) in [5.74, 6) is -2.19. The van der Waals surface area contributed by atoms with Crippen LogP contribution in [0.5, 0.6) is 5.75 Å². The minimum Gasteiger partial charge on any atom is -0.490 e.